The number of esters is 1. The summed E-state index contributed by atoms with van der Waals surface area (Å²) in [6.45, 7) is 4.70. The molecular formula is C27H28FN3O6. The van der Waals surface area contributed by atoms with Crippen LogP contribution in [-0.2, 0) is 27.4 Å². The maximum absolute atomic E-state index is 13.4. The molecule has 0 saturated carbocycles. The van der Waals surface area contributed by atoms with Gasteiger partial charge in [0, 0.05) is 13.1 Å². The zero-order chi connectivity index (χ0) is 26.8. The first-order valence-corrected chi connectivity index (χ1v) is 11.6. The number of para-hydroxylation sites is 1. The van der Waals surface area contributed by atoms with Crippen molar-refractivity contribution in [2.45, 2.75) is 20.0 Å². The van der Waals surface area contributed by atoms with Gasteiger partial charge in [0.15, 0.2) is 5.43 Å². The van der Waals surface area contributed by atoms with Gasteiger partial charge < -0.3 is 24.3 Å². The molecule has 0 radical (unpaired) electrons. The second kappa shape index (κ2) is 13.0. The highest BCUT2D eigenvalue weighted by atomic mass is 19.1. The lowest BCUT2D eigenvalue weighted by atomic mass is 10.1. The number of ether oxygens (including phenoxy) is 1. The average molecular weight is 510 g/mol. The van der Waals surface area contributed by atoms with Crippen molar-refractivity contribution in [1.29, 1.82) is 0 Å². The first-order valence-electron chi connectivity index (χ1n) is 11.6. The maximum atomic E-state index is 13.4. The van der Waals surface area contributed by atoms with Crippen LogP contribution in [0.1, 0.15) is 18.1 Å². The lowest BCUT2D eigenvalue weighted by Gasteiger charge is -2.27. The topological polar surface area (TPSA) is 109 Å². The Morgan fingerprint density at radius 1 is 1.08 bits per heavy atom. The van der Waals surface area contributed by atoms with Crippen LogP contribution in [0.25, 0.3) is 11.0 Å². The number of fused-ring (bicyclic) bond motifs is 1. The highest BCUT2D eigenvalue weighted by molar-refractivity contribution is 5.86. The van der Waals surface area contributed by atoms with Gasteiger partial charge in [-0.25, -0.2) is 9.18 Å². The van der Waals surface area contributed by atoms with Crippen molar-refractivity contribution >= 4 is 28.9 Å². The van der Waals surface area contributed by atoms with Gasteiger partial charge in [0.25, 0.3) is 0 Å². The van der Waals surface area contributed by atoms with Gasteiger partial charge in [-0.05, 0) is 36.8 Å². The molecule has 37 heavy (non-hydrogen) atoms. The van der Waals surface area contributed by atoms with Crippen molar-refractivity contribution in [3.05, 3.63) is 94.6 Å². The smallest absolute Gasteiger partial charge is 0.325 e. The predicted octanol–water partition coefficient (Wildman–Crippen LogP) is 3.22. The summed E-state index contributed by atoms with van der Waals surface area (Å²) < 4.78 is 23.8. The average Bonchev–Trinajstić information content (AvgIpc) is 2.89. The zero-order valence-electron chi connectivity index (χ0n) is 20.4. The molecule has 1 heterocycles. The highest BCUT2D eigenvalue weighted by Crippen LogP contribution is 2.14. The fourth-order valence-electron chi connectivity index (χ4n) is 3.59. The van der Waals surface area contributed by atoms with Crippen LogP contribution in [0.2, 0.25) is 0 Å². The molecule has 0 aliphatic heterocycles. The number of hydrogen-bond donors (Lipinski definition) is 1. The van der Waals surface area contributed by atoms with Crippen molar-refractivity contribution in [3.8, 4) is 0 Å². The highest BCUT2D eigenvalue weighted by Gasteiger charge is 2.23. The number of carbonyl (C=O) groups is 3. The Morgan fingerprint density at radius 3 is 2.51 bits per heavy atom. The van der Waals surface area contributed by atoms with E-state index in [-0.39, 0.29) is 50.3 Å². The minimum absolute atomic E-state index is 0.0307. The number of benzene rings is 2. The van der Waals surface area contributed by atoms with Gasteiger partial charge in [-0.15, -0.1) is 6.58 Å². The number of nitrogens with one attached hydrogen (secondary N) is 1. The molecule has 3 aromatic rings. The molecule has 0 spiro atoms. The van der Waals surface area contributed by atoms with Crippen LogP contribution in [0, 0.1) is 5.82 Å². The number of halogens is 1. The van der Waals surface area contributed by atoms with Crippen LogP contribution in [0.15, 0.2) is 76.7 Å². The molecule has 3 amide bonds. The zero-order valence-corrected chi connectivity index (χ0v) is 20.4. The van der Waals surface area contributed by atoms with E-state index >= 15 is 0 Å². The molecular weight excluding hydrogens is 481 g/mol. The standard InChI is InChI=1S/C27H28FN3O6/c1-3-13-30(27(35)29-14-25(33)36-4-2)17-24(32)31(15-19-9-11-21(28)12-10-19)16-20-18-37-23-8-6-5-7-22(23)26(20)34/h3,5-12,18H,1,4,13-17H2,2H3,(H,29,35). The van der Waals surface area contributed by atoms with Crippen LogP contribution < -0.4 is 10.7 Å². The van der Waals surface area contributed by atoms with E-state index in [1.807, 2.05) is 0 Å². The van der Waals surface area contributed by atoms with Gasteiger partial charge in [-0.3, -0.25) is 14.4 Å². The monoisotopic (exact) mass is 509 g/mol. The first kappa shape index (κ1) is 27.1. The molecule has 9 nitrogen and oxygen atoms in total. The normalized spacial score (nSPS) is 10.5. The lowest BCUT2D eigenvalue weighted by Crippen LogP contribution is -2.47. The van der Waals surface area contributed by atoms with Gasteiger partial charge >= 0.3 is 12.0 Å². The molecule has 0 bridgehead atoms. The van der Waals surface area contributed by atoms with Crippen LogP contribution >= 0.6 is 0 Å². The van der Waals surface area contributed by atoms with E-state index in [1.54, 1.807) is 31.2 Å². The quantitative estimate of drug-likeness (QED) is 0.314. The number of rotatable bonds is 11. The van der Waals surface area contributed by atoms with Crippen molar-refractivity contribution in [3.63, 3.8) is 0 Å². The van der Waals surface area contributed by atoms with Crippen LogP contribution in [0.5, 0.6) is 0 Å². The SMILES string of the molecule is C=CCN(CC(=O)N(Cc1ccc(F)cc1)Cc1coc2ccccc2c1=O)C(=O)NCC(=O)OCC. The van der Waals surface area contributed by atoms with Crippen molar-refractivity contribution in [1.82, 2.24) is 15.1 Å². The molecule has 2 aromatic carbocycles. The Labute approximate surface area is 213 Å². The Hall–Kier alpha value is -4.47. The number of carbonyl (C=O) groups excluding carboxylic acids is 3. The summed E-state index contributed by atoms with van der Waals surface area (Å²) in [4.78, 5) is 53.2. The molecule has 1 aromatic heterocycles. The maximum Gasteiger partial charge on any atom is 0.325 e. The summed E-state index contributed by atoms with van der Waals surface area (Å²) in [5.74, 6) is -1.51. The van der Waals surface area contributed by atoms with Gasteiger partial charge in [0.05, 0.1) is 30.4 Å². The summed E-state index contributed by atoms with van der Waals surface area (Å²) in [5, 5.41) is 2.79. The summed E-state index contributed by atoms with van der Waals surface area (Å²) in [5.41, 5.74) is 1.01. The van der Waals surface area contributed by atoms with E-state index in [2.05, 4.69) is 11.9 Å². The van der Waals surface area contributed by atoms with E-state index in [4.69, 9.17) is 9.15 Å². The van der Waals surface area contributed by atoms with E-state index in [0.717, 1.165) is 0 Å². The summed E-state index contributed by atoms with van der Waals surface area (Å²) in [7, 11) is 0. The molecule has 0 aliphatic carbocycles. The van der Waals surface area contributed by atoms with Crippen molar-refractivity contribution in [2.24, 2.45) is 0 Å². The van der Waals surface area contributed by atoms with E-state index in [0.29, 0.717) is 16.5 Å². The fraction of sp³-hybridized carbons (Fsp3) is 0.259. The number of amides is 3. The molecule has 1 N–H and O–H groups in total. The molecule has 194 valence electrons. The fourth-order valence-corrected chi connectivity index (χ4v) is 3.59. The third kappa shape index (κ3) is 7.50. The van der Waals surface area contributed by atoms with Crippen LogP contribution in [0.4, 0.5) is 9.18 Å². The molecule has 0 saturated heterocycles. The third-order valence-electron chi connectivity index (χ3n) is 5.40. The molecule has 0 aliphatic rings. The minimum Gasteiger partial charge on any atom is -0.465 e. The Bertz CT molecular complexity index is 1320. The van der Waals surface area contributed by atoms with E-state index in [1.165, 1.54) is 46.4 Å². The van der Waals surface area contributed by atoms with Crippen LogP contribution in [-0.4, -0.2) is 53.9 Å². The molecule has 0 unspecified atom stereocenters. The summed E-state index contributed by atoms with van der Waals surface area (Å²) >= 11 is 0. The number of hydrogen-bond acceptors (Lipinski definition) is 6. The second-order valence-corrected chi connectivity index (χ2v) is 8.10. The minimum atomic E-state index is -0.659. The Balaban J connectivity index is 1.83. The summed E-state index contributed by atoms with van der Waals surface area (Å²) in [6, 6.07) is 11.7. The summed E-state index contributed by atoms with van der Waals surface area (Å²) in [6.07, 6.45) is 2.75. The second-order valence-electron chi connectivity index (χ2n) is 8.10. The van der Waals surface area contributed by atoms with Gasteiger partial charge in [-0.2, -0.15) is 0 Å². The Kier molecular flexibility index (Phi) is 9.54. The number of nitrogens with zero attached hydrogens (tertiary/aromatic N) is 2. The third-order valence-corrected chi connectivity index (χ3v) is 5.40. The van der Waals surface area contributed by atoms with Crippen molar-refractivity contribution in [2.75, 3.05) is 26.2 Å². The predicted molar refractivity (Wildman–Crippen MR) is 135 cm³/mol. The van der Waals surface area contributed by atoms with Gasteiger partial charge in [-0.1, -0.05) is 30.3 Å². The molecule has 3 rings (SSSR count). The molecule has 0 fully saturated rings. The van der Waals surface area contributed by atoms with Crippen LogP contribution in [0.3, 0.4) is 0 Å². The lowest BCUT2D eigenvalue weighted by molar-refractivity contribution is -0.141. The van der Waals surface area contributed by atoms with Crippen molar-refractivity contribution < 1.29 is 27.9 Å². The van der Waals surface area contributed by atoms with E-state index < -0.39 is 23.7 Å². The first-order chi connectivity index (χ1) is 17.8. The van der Waals surface area contributed by atoms with Gasteiger partial charge in [0.2, 0.25) is 5.91 Å². The van der Waals surface area contributed by atoms with E-state index in [9.17, 15) is 23.6 Å². The molecule has 10 heteroatoms. The van der Waals surface area contributed by atoms with Gasteiger partial charge in [0.1, 0.15) is 24.5 Å². The molecule has 0 atom stereocenters. The largest absolute Gasteiger partial charge is 0.465 e. The number of urea groups is 1. The Morgan fingerprint density at radius 2 is 1.81 bits per heavy atom.